The molecule has 3 unspecified atom stereocenters. The summed E-state index contributed by atoms with van der Waals surface area (Å²) in [7, 11) is 4.43. The predicted molar refractivity (Wildman–Crippen MR) is 87.8 cm³/mol. The zero-order valence-corrected chi connectivity index (χ0v) is 13.9. The van der Waals surface area contributed by atoms with Crippen LogP contribution in [0.1, 0.15) is 43.9 Å². The van der Waals surface area contributed by atoms with Crippen LogP contribution in [0, 0.1) is 5.92 Å². The lowest BCUT2D eigenvalue weighted by atomic mass is 9.70. The average Bonchev–Trinajstić information content (AvgIpc) is 2.92. The summed E-state index contributed by atoms with van der Waals surface area (Å²) >= 11 is 1.85. The van der Waals surface area contributed by atoms with Crippen LogP contribution >= 0.6 is 11.3 Å². The summed E-state index contributed by atoms with van der Waals surface area (Å²) in [5.41, 5.74) is 3.35. The van der Waals surface area contributed by atoms with E-state index in [0.29, 0.717) is 6.04 Å². The summed E-state index contributed by atoms with van der Waals surface area (Å²) in [5.74, 6) is 6.73. The Balaban J connectivity index is 2.08. The molecule has 2 rings (SSSR count). The summed E-state index contributed by atoms with van der Waals surface area (Å²) in [6.45, 7) is 2.38. The van der Waals surface area contributed by atoms with Crippen LogP contribution in [0.4, 0.5) is 0 Å². The lowest BCUT2D eigenvalue weighted by molar-refractivity contribution is 0.0345. The summed E-state index contributed by atoms with van der Waals surface area (Å²) in [5, 5.41) is 2.16. The van der Waals surface area contributed by atoms with Crippen molar-refractivity contribution in [3.63, 3.8) is 0 Å². The molecule has 0 spiro atoms. The van der Waals surface area contributed by atoms with Crippen molar-refractivity contribution in [3.05, 3.63) is 22.4 Å². The maximum Gasteiger partial charge on any atom is 0.0398 e. The van der Waals surface area contributed by atoms with Gasteiger partial charge >= 0.3 is 0 Å². The van der Waals surface area contributed by atoms with Crippen molar-refractivity contribution in [2.24, 2.45) is 11.8 Å². The van der Waals surface area contributed by atoms with Crippen LogP contribution in [0.25, 0.3) is 0 Å². The van der Waals surface area contributed by atoms with Crippen molar-refractivity contribution in [3.8, 4) is 0 Å². The molecule has 3 N–H and O–H groups in total. The highest BCUT2D eigenvalue weighted by Gasteiger charge is 2.42. The first-order valence-electron chi connectivity index (χ1n) is 7.74. The van der Waals surface area contributed by atoms with E-state index in [2.05, 4.69) is 48.9 Å². The third-order valence-electron chi connectivity index (χ3n) is 5.01. The topological polar surface area (TPSA) is 41.3 Å². The van der Waals surface area contributed by atoms with Crippen LogP contribution in [0.2, 0.25) is 0 Å². The molecule has 3 nitrogen and oxygen atoms in total. The molecule has 0 radical (unpaired) electrons. The molecule has 114 valence electrons. The van der Waals surface area contributed by atoms with E-state index in [1.165, 1.54) is 30.6 Å². The highest BCUT2D eigenvalue weighted by Crippen LogP contribution is 2.39. The largest absolute Gasteiger partial charge is 0.302 e. The maximum atomic E-state index is 5.94. The van der Waals surface area contributed by atoms with E-state index in [0.717, 1.165) is 18.8 Å². The Bertz CT molecular complexity index is 390. The van der Waals surface area contributed by atoms with E-state index in [1.807, 2.05) is 11.3 Å². The predicted octanol–water partition coefficient (Wildman–Crippen LogP) is 3.02. The zero-order valence-electron chi connectivity index (χ0n) is 13.1. The van der Waals surface area contributed by atoms with Crippen LogP contribution in [0.5, 0.6) is 0 Å². The van der Waals surface area contributed by atoms with E-state index in [9.17, 15) is 0 Å². The highest BCUT2D eigenvalue weighted by molar-refractivity contribution is 7.09. The van der Waals surface area contributed by atoms with Crippen LogP contribution in [0.3, 0.4) is 0 Å². The minimum Gasteiger partial charge on any atom is -0.302 e. The molecule has 0 bridgehead atoms. The SMILES string of the molecule is CC1CCCC(C(CCc2cccs2)NN)(N(C)C)C1. The summed E-state index contributed by atoms with van der Waals surface area (Å²) in [6, 6.07) is 4.72. The molecule has 1 aliphatic rings. The number of aryl methyl sites for hydroxylation is 1. The third kappa shape index (κ3) is 3.42. The number of hydrogen-bond acceptors (Lipinski definition) is 4. The van der Waals surface area contributed by atoms with E-state index >= 15 is 0 Å². The molecule has 0 saturated heterocycles. The number of nitrogens with one attached hydrogen (secondary N) is 1. The first-order valence-corrected chi connectivity index (χ1v) is 8.62. The Hall–Kier alpha value is -0.420. The molecule has 0 aliphatic heterocycles. The molecular weight excluding hydrogens is 266 g/mol. The molecule has 1 aromatic rings. The van der Waals surface area contributed by atoms with E-state index < -0.39 is 0 Å². The van der Waals surface area contributed by atoms with Crippen LogP contribution in [-0.2, 0) is 6.42 Å². The van der Waals surface area contributed by atoms with Crippen molar-refractivity contribution in [2.75, 3.05) is 14.1 Å². The molecule has 20 heavy (non-hydrogen) atoms. The Morgan fingerprint density at radius 1 is 1.55 bits per heavy atom. The fourth-order valence-corrected chi connectivity index (χ4v) is 4.57. The number of nitrogens with zero attached hydrogens (tertiary/aromatic N) is 1. The van der Waals surface area contributed by atoms with Crippen molar-refractivity contribution in [1.29, 1.82) is 0 Å². The van der Waals surface area contributed by atoms with E-state index in [4.69, 9.17) is 5.84 Å². The number of hydrogen-bond donors (Lipinski definition) is 2. The molecule has 0 amide bonds. The summed E-state index contributed by atoms with van der Waals surface area (Å²) in [6.07, 6.45) is 7.41. The summed E-state index contributed by atoms with van der Waals surface area (Å²) < 4.78 is 0. The molecule has 4 heteroatoms. The fraction of sp³-hybridized carbons (Fsp3) is 0.750. The molecule has 1 aliphatic carbocycles. The van der Waals surface area contributed by atoms with Crippen molar-refractivity contribution < 1.29 is 0 Å². The third-order valence-corrected chi connectivity index (χ3v) is 5.94. The first-order chi connectivity index (χ1) is 9.58. The van der Waals surface area contributed by atoms with Gasteiger partial charge in [0.1, 0.15) is 0 Å². The maximum absolute atomic E-state index is 5.94. The van der Waals surface area contributed by atoms with Crippen LogP contribution in [-0.4, -0.2) is 30.6 Å². The van der Waals surface area contributed by atoms with Gasteiger partial charge in [-0.05, 0) is 57.1 Å². The lowest BCUT2D eigenvalue weighted by Gasteiger charge is -2.50. The van der Waals surface area contributed by atoms with Gasteiger partial charge in [0.05, 0.1) is 0 Å². The van der Waals surface area contributed by atoms with Gasteiger partial charge in [-0.2, -0.15) is 0 Å². The van der Waals surface area contributed by atoms with Crippen LogP contribution in [0.15, 0.2) is 17.5 Å². The number of hydrazine groups is 1. The average molecular weight is 295 g/mol. The highest BCUT2D eigenvalue weighted by atomic mass is 32.1. The van der Waals surface area contributed by atoms with Gasteiger partial charge in [-0.25, -0.2) is 0 Å². The second-order valence-corrected chi connectivity index (χ2v) is 7.57. The normalized spacial score (nSPS) is 28.8. The van der Waals surface area contributed by atoms with Crippen molar-refractivity contribution in [2.45, 2.75) is 57.0 Å². The Morgan fingerprint density at radius 2 is 2.35 bits per heavy atom. The number of nitrogens with two attached hydrogens (primary N) is 1. The molecule has 1 saturated carbocycles. The monoisotopic (exact) mass is 295 g/mol. The summed E-state index contributed by atoms with van der Waals surface area (Å²) in [4.78, 5) is 3.88. The van der Waals surface area contributed by atoms with Gasteiger partial charge in [0.2, 0.25) is 0 Å². The standard InChI is InChI=1S/C16H29N3S/c1-13-6-4-10-16(12-13,19(2)3)15(18-17)9-8-14-7-5-11-20-14/h5,7,11,13,15,18H,4,6,8-10,12,17H2,1-3H3. The minimum atomic E-state index is 0.212. The van der Waals surface area contributed by atoms with Crippen molar-refractivity contribution in [1.82, 2.24) is 10.3 Å². The minimum absolute atomic E-state index is 0.212. The van der Waals surface area contributed by atoms with Gasteiger partial charge in [0.15, 0.2) is 0 Å². The molecule has 0 aromatic carbocycles. The van der Waals surface area contributed by atoms with Gasteiger partial charge in [-0.3, -0.25) is 11.3 Å². The fourth-order valence-electron chi connectivity index (χ4n) is 3.85. The lowest BCUT2D eigenvalue weighted by Crippen LogP contribution is -2.62. The second-order valence-electron chi connectivity index (χ2n) is 6.54. The molecule has 1 fully saturated rings. The van der Waals surface area contributed by atoms with Gasteiger partial charge in [0.25, 0.3) is 0 Å². The molecule has 1 aromatic heterocycles. The van der Waals surface area contributed by atoms with Gasteiger partial charge in [0, 0.05) is 16.5 Å². The Labute approximate surface area is 127 Å². The number of thiophene rings is 1. The molecular formula is C16H29N3S. The Kier molecular flexibility index (Phi) is 5.61. The zero-order chi connectivity index (χ0) is 14.6. The van der Waals surface area contributed by atoms with Gasteiger partial charge in [-0.15, -0.1) is 11.3 Å². The number of rotatable bonds is 6. The molecule has 3 atom stereocenters. The number of likely N-dealkylation sites (N-methyl/N-ethyl adjacent to an activating group) is 1. The smallest absolute Gasteiger partial charge is 0.0398 e. The molecule has 1 heterocycles. The van der Waals surface area contributed by atoms with Crippen LogP contribution < -0.4 is 11.3 Å². The van der Waals surface area contributed by atoms with E-state index in [1.54, 1.807) is 0 Å². The van der Waals surface area contributed by atoms with E-state index in [-0.39, 0.29) is 5.54 Å². The van der Waals surface area contributed by atoms with Gasteiger partial charge < -0.3 is 4.90 Å². The second kappa shape index (κ2) is 7.03. The Morgan fingerprint density at radius 3 is 2.90 bits per heavy atom. The quantitative estimate of drug-likeness (QED) is 0.626. The first kappa shape index (κ1) is 16.0. The van der Waals surface area contributed by atoms with Crippen molar-refractivity contribution >= 4 is 11.3 Å². The van der Waals surface area contributed by atoms with Gasteiger partial charge in [-0.1, -0.05) is 25.8 Å².